The molecule has 152 valence electrons. The highest BCUT2D eigenvalue weighted by atomic mass is 16.1. The van der Waals surface area contributed by atoms with E-state index in [9.17, 15) is 4.79 Å². The van der Waals surface area contributed by atoms with Gasteiger partial charge in [0.25, 0.3) is 0 Å². The number of nitrogens with one attached hydrogen (secondary N) is 2. The van der Waals surface area contributed by atoms with Crippen LogP contribution in [-0.2, 0) is 11.2 Å². The van der Waals surface area contributed by atoms with Crippen molar-refractivity contribution in [2.24, 2.45) is 0 Å². The third-order valence-corrected chi connectivity index (χ3v) is 5.33. The first-order chi connectivity index (χ1) is 15.3. The molecule has 0 saturated carbocycles. The van der Waals surface area contributed by atoms with Crippen molar-refractivity contribution in [2.75, 3.05) is 22.1 Å². The summed E-state index contributed by atoms with van der Waals surface area (Å²) in [7, 11) is 0. The number of carbonyl (C=O) groups is 1. The number of amides is 1. The van der Waals surface area contributed by atoms with Crippen molar-refractivity contribution in [1.29, 1.82) is 0 Å². The highest BCUT2D eigenvalue weighted by Crippen LogP contribution is 2.39. The van der Waals surface area contributed by atoms with E-state index in [1.807, 2.05) is 36.4 Å². The average Bonchev–Trinajstić information content (AvgIpc) is 3.03. The predicted molar refractivity (Wildman–Crippen MR) is 127 cm³/mol. The van der Waals surface area contributed by atoms with Crippen LogP contribution in [0.5, 0.6) is 0 Å². The molecule has 1 amide bonds. The van der Waals surface area contributed by atoms with Gasteiger partial charge in [0.1, 0.15) is 0 Å². The number of hydrogen-bond acceptors (Lipinski definition) is 4. The van der Waals surface area contributed by atoms with Crippen molar-refractivity contribution in [2.45, 2.75) is 6.42 Å². The molecule has 3 aromatic carbocycles. The molecule has 31 heavy (non-hydrogen) atoms. The van der Waals surface area contributed by atoms with E-state index >= 15 is 0 Å². The molecule has 2 N–H and O–H groups in total. The van der Waals surface area contributed by atoms with E-state index in [2.05, 4.69) is 69.2 Å². The molecule has 1 aliphatic rings. The van der Waals surface area contributed by atoms with Crippen LogP contribution in [0.25, 0.3) is 10.8 Å². The number of fused-ring (bicyclic) bond motifs is 3. The van der Waals surface area contributed by atoms with Gasteiger partial charge >= 0.3 is 0 Å². The molecule has 0 bridgehead atoms. The van der Waals surface area contributed by atoms with Crippen LogP contribution in [0.2, 0.25) is 0 Å². The first-order valence-corrected chi connectivity index (χ1v) is 10.3. The Bertz CT molecular complexity index is 1250. The molecule has 5 nitrogen and oxygen atoms in total. The Hall–Kier alpha value is -4.12. The van der Waals surface area contributed by atoms with Gasteiger partial charge in [-0.1, -0.05) is 36.4 Å². The fraction of sp³-hybridized carbons (Fsp3) is 0.0769. The van der Waals surface area contributed by atoms with Crippen molar-refractivity contribution < 1.29 is 4.79 Å². The summed E-state index contributed by atoms with van der Waals surface area (Å²) in [6.45, 7) is 0.764. The first kappa shape index (κ1) is 18.9. The lowest BCUT2D eigenvalue weighted by molar-refractivity contribution is -0.115. The minimum atomic E-state index is -0.0589. The second-order valence-electron chi connectivity index (χ2n) is 7.45. The highest BCUT2D eigenvalue weighted by Gasteiger charge is 2.16. The Labute approximate surface area is 181 Å². The fourth-order valence-electron chi connectivity index (χ4n) is 3.87. The Kier molecular flexibility index (Phi) is 5.07. The molecule has 4 aromatic rings. The van der Waals surface area contributed by atoms with Crippen LogP contribution >= 0.6 is 0 Å². The zero-order chi connectivity index (χ0) is 21.0. The van der Waals surface area contributed by atoms with Gasteiger partial charge < -0.3 is 15.5 Å². The summed E-state index contributed by atoms with van der Waals surface area (Å²) in [4.78, 5) is 18.6. The minimum absolute atomic E-state index is 0.0589. The monoisotopic (exact) mass is 406 g/mol. The summed E-state index contributed by atoms with van der Waals surface area (Å²) in [5.41, 5.74) is 4.91. The third-order valence-electron chi connectivity index (χ3n) is 5.33. The molecular formula is C26H22N4O. The SMILES string of the molecule is O=C(Cc1cccnc1)Nc1ccc(N2C=CCNc3c2ccc2ccccc32)cc1. The number of rotatable bonds is 4. The van der Waals surface area contributed by atoms with Crippen LogP contribution in [0.4, 0.5) is 22.7 Å². The van der Waals surface area contributed by atoms with Gasteiger partial charge in [0.05, 0.1) is 17.8 Å². The molecule has 1 aromatic heterocycles. The van der Waals surface area contributed by atoms with E-state index < -0.39 is 0 Å². The zero-order valence-electron chi connectivity index (χ0n) is 17.0. The van der Waals surface area contributed by atoms with Crippen LogP contribution in [0.15, 0.2) is 97.5 Å². The van der Waals surface area contributed by atoms with Crippen LogP contribution in [0.1, 0.15) is 5.56 Å². The van der Waals surface area contributed by atoms with Gasteiger partial charge in [-0.2, -0.15) is 0 Å². The Morgan fingerprint density at radius 2 is 1.87 bits per heavy atom. The summed E-state index contributed by atoms with van der Waals surface area (Å²) in [5.74, 6) is -0.0589. The normalized spacial score (nSPS) is 12.7. The van der Waals surface area contributed by atoms with E-state index in [1.54, 1.807) is 12.4 Å². The zero-order valence-corrected chi connectivity index (χ0v) is 17.0. The lowest BCUT2D eigenvalue weighted by atomic mass is 10.1. The summed E-state index contributed by atoms with van der Waals surface area (Å²) < 4.78 is 0. The number of benzene rings is 3. The molecule has 1 aliphatic heterocycles. The van der Waals surface area contributed by atoms with E-state index in [-0.39, 0.29) is 5.91 Å². The summed E-state index contributed by atoms with van der Waals surface area (Å²) >= 11 is 0. The third kappa shape index (κ3) is 3.98. The van der Waals surface area contributed by atoms with Crippen LogP contribution < -0.4 is 15.5 Å². The molecule has 0 saturated heterocycles. The van der Waals surface area contributed by atoms with Gasteiger partial charge in [0.15, 0.2) is 0 Å². The molecule has 0 spiro atoms. The van der Waals surface area contributed by atoms with Crippen LogP contribution in [0.3, 0.4) is 0 Å². The smallest absolute Gasteiger partial charge is 0.228 e. The molecule has 5 rings (SSSR count). The number of nitrogens with zero attached hydrogens (tertiary/aromatic N) is 2. The molecule has 0 aliphatic carbocycles. The van der Waals surface area contributed by atoms with Crippen molar-refractivity contribution in [1.82, 2.24) is 4.98 Å². The number of aromatic nitrogens is 1. The van der Waals surface area contributed by atoms with Crippen molar-refractivity contribution in [3.05, 3.63) is 103 Å². The summed E-state index contributed by atoms with van der Waals surface area (Å²) in [6.07, 6.45) is 7.91. The molecule has 0 fully saturated rings. The maximum atomic E-state index is 12.3. The van der Waals surface area contributed by atoms with E-state index in [0.29, 0.717) is 6.42 Å². The number of pyridine rings is 1. The topological polar surface area (TPSA) is 57.3 Å². The van der Waals surface area contributed by atoms with Gasteiger partial charge in [0.2, 0.25) is 5.91 Å². The van der Waals surface area contributed by atoms with Gasteiger partial charge in [-0.15, -0.1) is 0 Å². The highest BCUT2D eigenvalue weighted by molar-refractivity contribution is 6.02. The van der Waals surface area contributed by atoms with Crippen molar-refractivity contribution in [3.8, 4) is 0 Å². The standard InChI is InChI=1S/C26H22N4O/c31-25(17-19-5-3-14-27-18-19)29-21-9-11-22(12-10-21)30-16-4-15-28-26-23-7-2-1-6-20(23)8-13-24(26)30/h1-14,16,18,28H,15,17H2,(H,29,31). The van der Waals surface area contributed by atoms with E-state index in [0.717, 1.165) is 34.9 Å². The molecule has 0 atom stereocenters. The fourth-order valence-corrected chi connectivity index (χ4v) is 3.87. The van der Waals surface area contributed by atoms with Gasteiger partial charge in [-0.25, -0.2) is 0 Å². The maximum Gasteiger partial charge on any atom is 0.228 e. The van der Waals surface area contributed by atoms with Gasteiger partial charge in [0, 0.05) is 41.9 Å². The van der Waals surface area contributed by atoms with E-state index in [4.69, 9.17) is 0 Å². The van der Waals surface area contributed by atoms with Gasteiger partial charge in [-0.05, 0) is 53.4 Å². The Morgan fingerprint density at radius 1 is 1.00 bits per heavy atom. The lowest BCUT2D eigenvalue weighted by Gasteiger charge is -2.23. The molecule has 0 unspecified atom stereocenters. The molecular weight excluding hydrogens is 384 g/mol. The van der Waals surface area contributed by atoms with Crippen LogP contribution in [0, 0.1) is 0 Å². The quantitative estimate of drug-likeness (QED) is 0.470. The van der Waals surface area contributed by atoms with E-state index in [1.165, 1.54) is 10.8 Å². The summed E-state index contributed by atoms with van der Waals surface area (Å²) in [6, 6.07) is 24.3. The van der Waals surface area contributed by atoms with Crippen molar-refractivity contribution >= 4 is 39.4 Å². The number of anilines is 4. The minimum Gasteiger partial charge on any atom is -0.379 e. The number of hydrogen-bond donors (Lipinski definition) is 2. The predicted octanol–water partition coefficient (Wildman–Crippen LogP) is 5.49. The number of carbonyl (C=O) groups excluding carboxylic acids is 1. The Morgan fingerprint density at radius 3 is 2.71 bits per heavy atom. The lowest BCUT2D eigenvalue weighted by Crippen LogP contribution is -2.14. The van der Waals surface area contributed by atoms with Crippen LogP contribution in [-0.4, -0.2) is 17.4 Å². The Balaban J connectivity index is 1.38. The second kappa shape index (κ2) is 8.32. The van der Waals surface area contributed by atoms with Crippen molar-refractivity contribution in [3.63, 3.8) is 0 Å². The molecule has 5 heteroatoms. The molecule has 2 heterocycles. The average molecular weight is 406 g/mol. The first-order valence-electron chi connectivity index (χ1n) is 10.3. The summed E-state index contributed by atoms with van der Waals surface area (Å²) in [5, 5.41) is 8.91. The van der Waals surface area contributed by atoms with Gasteiger partial charge in [-0.3, -0.25) is 9.78 Å². The largest absolute Gasteiger partial charge is 0.379 e. The molecule has 0 radical (unpaired) electrons. The maximum absolute atomic E-state index is 12.3. The second-order valence-corrected chi connectivity index (χ2v) is 7.45.